The molecule has 0 spiro atoms. The van der Waals surface area contributed by atoms with Gasteiger partial charge in [0.25, 0.3) is 0 Å². The number of ether oxygens (including phenoxy) is 10. The van der Waals surface area contributed by atoms with Crippen LogP contribution in [0.25, 0.3) is 0 Å². The Hall–Kier alpha value is -4.67. The van der Waals surface area contributed by atoms with Gasteiger partial charge in [0.1, 0.15) is 37.1 Å². The molecule has 0 amide bonds. The number of allylic oxidation sites excluding steroid dienone is 12. The van der Waals surface area contributed by atoms with E-state index < -0.39 is 0 Å². The van der Waals surface area contributed by atoms with E-state index in [9.17, 15) is 24.0 Å². The summed E-state index contributed by atoms with van der Waals surface area (Å²) in [7, 11) is 8.15. The number of esters is 5. The monoisotopic (exact) mass is 1050 g/mol. The Kier molecular flexibility index (Phi) is 28.1. The van der Waals surface area contributed by atoms with Crippen molar-refractivity contribution in [3.8, 4) is 0 Å². The molecule has 0 aromatic rings. The molecule has 0 aliphatic heterocycles. The molecule has 0 saturated heterocycles. The Morgan fingerprint density at radius 1 is 0.427 bits per heavy atom. The molecule has 0 aromatic heterocycles. The van der Waals surface area contributed by atoms with Crippen LogP contribution in [-0.2, 0) is 71.3 Å². The zero-order valence-corrected chi connectivity index (χ0v) is 46.6. The number of carbonyl (C=O) groups excluding carboxylic acids is 5. The highest BCUT2D eigenvalue weighted by atomic mass is 16.6. The SMILES string of the molecule is C1=CCC=C1.C=CC(COC(C)=O)OC.COC[C@@H](OC(C)=O)C1CC2C=CC1C2.COC[C@H](OC(C)=O)C1CC2C=CC1C2.COC[C@H](OC(C)=O)C1CC2C=CC1C2.COC[C@H](OC(C)=O)C1CC2C=CC1C2. The first kappa shape index (κ1) is 62.9. The van der Waals surface area contributed by atoms with Crippen LogP contribution in [0.1, 0.15) is 92.4 Å². The summed E-state index contributed by atoms with van der Waals surface area (Å²) < 4.78 is 51.3. The lowest BCUT2D eigenvalue weighted by molar-refractivity contribution is -0.153. The molecule has 8 bridgehead atoms. The maximum atomic E-state index is 11.0. The van der Waals surface area contributed by atoms with E-state index in [0.717, 1.165) is 32.1 Å². The van der Waals surface area contributed by atoms with E-state index in [1.54, 1.807) is 34.5 Å². The van der Waals surface area contributed by atoms with Gasteiger partial charge in [0.2, 0.25) is 0 Å². The molecule has 0 N–H and O–H groups in total. The van der Waals surface area contributed by atoms with Crippen molar-refractivity contribution in [1.82, 2.24) is 0 Å². The van der Waals surface area contributed by atoms with Gasteiger partial charge in [0, 0.05) is 93.8 Å². The van der Waals surface area contributed by atoms with E-state index in [2.05, 4.69) is 84.2 Å². The fourth-order valence-electron chi connectivity index (χ4n) is 12.3. The van der Waals surface area contributed by atoms with Gasteiger partial charge in [-0.2, -0.15) is 0 Å². The van der Waals surface area contributed by atoms with Crippen molar-refractivity contribution in [2.45, 2.75) is 123 Å². The van der Waals surface area contributed by atoms with Crippen molar-refractivity contribution in [1.29, 1.82) is 0 Å². The Morgan fingerprint density at radius 2 is 0.707 bits per heavy atom. The van der Waals surface area contributed by atoms with E-state index in [4.69, 9.17) is 42.6 Å². The van der Waals surface area contributed by atoms with E-state index in [0.29, 0.717) is 97.4 Å². The van der Waals surface area contributed by atoms with Gasteiger partial charge < -0.3 is 47.4 Å². The smallest absolute Gasteiger partial charge is 0.302 e. The van der Waals surface area contributed by atoms with Gasteiger partial charge in [-0.05, 0) is 105 Å². The lowest BCUT2D eigenvalue weighted by Gasteiger charge is -2.27. The Bertz CT molecular complexity index is 1740. The molecule has 15 nitrogen and oxygen atoms in total. The van der Waals surface area contributed by atoms with Crippen molar-refractivity contribution < 1.29 is 71.3 Å². The van der Waals surface area contributed by atoms with Crippen LogP contribution >= 0.6 is 0 Å². The predicted molar refractivity (Wildman–Crippen MR) is 286 cm³/mol. The van der Waals surface area contributed by atoms with Crippen LogP contribution in [0.15, 0.2) is 85.6 Å². The third-order valence-electron chi connectivity index (χ3n) is 15.5. The maximum Gasteiger partial charge on any atom is 0.302 e. The molecule has 9 aliphatic carbocycles. The fourth-order valence-corrected chi connectivity index (χ4v) is 12.3. The van der Waals surface area contributed by atoms with Crippen LogP contribution in [-0.4, -0.2) is 129 Å². The molecule has 15 heteroatoms. The average molecular weight is 1050 g/mol. The van der Waals surface area contributed by atoms with Crippen LogP contribution in [0, 0.1) is 71.0 Å². The predicted octanol–water partition coefficient (Wildman–Crippen LogP) is 9.36. The van der Waals surface area contributed by atoms with Gasteiger partial charge in [-0.1, -0.05) is 79.0 Å². The molecule has 9 rings (SSSR count). The van der Waals surface area contributed by atoms with Crippen LogP contribution in [0.4, 0.5) is 0 Å². The van der Waals surface area contributed by atoms with Crippen LogP contribution < -0.4 is 0 Å². The number of hydrogen-bond donors (Lipinski definition) is 0. The first-order chi connectivity index (χ1) is 36.0. The minimum absolute atomic E-state index is 0.0625. The zero-order valence-electron chi connectivity index (χ0n) is 46.6. The average Bonchev–Trinajstić information content (AvgIpc) is 4.23. The molecule has 75 heavy (non-hydrogen) atoms. The normalized spacial score (nSPS) is 30.3. The molecular formula is C60H90O15. The summed E-state index contributed by atoms with van der Waals surface area (Å²) in [6.45, 7) is 13.0. The molecule has 4 saturated carbocycles. The van der Waals surface area contributed by atoms with Crippen molar-refractivity contribution in [2.24, 2.45) is 71.0 Å². The van der Waals surface area contributed by atoms with Gasteiger partial charge in [0.05, 0.1) is 26.4 Å². The maximum absolute atomic E-state index is 11.0. The Balaban J connectivity index is 0.000000199. The largest absolute Gasteiger partial charge is 0.463 e. The van der Waals surface area contributed by atoms with Crippen LogP contribution in [0.3, 0.4) is 0 Å². The molecule has 420 valence electrons. The number of carbonyl (C=O) groups is 5. The zero-order chi connectivity index (χ0) is 54.9. The van der Waals surface area contributed by atoms with Gasteiger partial charge in [-0.3, -0.25) is 24.0 Å². The molecular weight excluding hydrogens is 961 g/mol. The summed E-state index contributed by atoms with van der Waals surface area (Å²) >= 11 is 0. The molecule has 0 radical (unpaired) electrons. The first-order valence-electron chi connectivity index (χ1n) is 27.0. The molecule has 17 atom stereocenters. The number of hydrogen-bond acceptors (Lipinski definition) is 15. The minimum atomic E-state index is -0.302. The second-order valence-corrected chi connectivity index (χ2v) is 21.1. The van der Waals surface area contributed by atoms with E-state index in [-0.39, 0.29) is 67.0 Å². The molecule has 13 unspecified atom stereocenters. The topological polar surface area (TPSA) is 178 Å². The third-order valence-corrected chi connectivity index (χ3v) is 15.5. The van der Waals surface area contributed by atoms with Crippen molar-refractivity contribution in [3.63, 3.8) is 0 Å². The quantitative estimate of drug-likeness (QED) is 0.0640. The highest BCUT2D eigenvalue weighted by Crippen LogP contribution is 2.48. The minimum Gasteiger partial charge on any atom is -0.463 e. The first-order valence-corrected chi connectivity index (χ1v) is 27.0. The molecule has 9 aliphatic rings. The summed E-state index contributed by atoms with van der Waals surface area (Å²) in [6, 6.07) is 0. The lowest BCUT2D eigenvalue weighted by atomic mass is 9.88. The molecule has 0 heterocycles. The second kappa shape index (κ2) is 33.5. The Morgan fingerprint density at radius 3 is 0.853 bits per heavy atom. The van der Waals surface area contributed by atoms with Crippen molar-refractivity contribution in [3.05, 3.63) is 85.6 Å². The van der Waals surface area contributed by atoms with E-state index >= 15 is 0 Å². The lowest BCUT2D eigenvalue weighted by Crippen LogP contribution is -2.32. The Labute approximate surface area is 447 Å². The number of rotatable bonds is 20. The second-order valence-electron chi connectivity index (χ2n) is 21.1. The van der Waals surface area contributed by atoms with Gasteiger partial charge >= 0.3 is 29.8 Å². The van der Waals surface area contributed by atoms with Gasteiger partial charge in [-0.25, -0.2) is 0 Å². The van der Waals surface area contributed by atoms with Crippen LogP contribution in [0.2, 0.25) is 0 Å². The van der Waals surface area contributed by atoms with Crippen molar-refractivity contribution >= 4 is 29.8 Å². The standard InChI is InChI=1S/4C12H18O3.C7H12O3.C5H6/c4*1-8(13)15-12(7-14-2)11-6-9-3-4-10(11)5-9;1-4-7(9-3)5-10-6(2)8;1-2-4-5-3-1/h4*3-4,9-12H,5-7H2,1-2H3;4,7H,1,5H2,2-3H3;1-4H,5H2/t4*9?,10?,11?,12-;;/m1000../s1. The number of fused-ring (bicyclic) bond motifs is 8. The fraction of sp³-hybridized carbons (Fsp3) is 0.683. The summed E-state index contributed by atoms with van der Waals surface area (Å²) in [5.74, 6) is 5.91. The van der Waals surface area contributed by atoms with E-state index in [1.165, 1.54) is 67.4 Å². The summed E-state index contributed by atoms with van der Waals surface area (Å²) in [4.78, 5) is 54.3. The van der Waals surface area contributed by atoms with Gasteiger partial charge in [0.15, 0.2) is 0 Å². The van der Waals surface area contributed by atoms with Crippen LogP contribution in [0.5, 0.6) is 0 Å². The summed E-state index contributed by atoms with van der Waals surface area (Å²) in [5.41, 5.74) is 0. The highest BCUT2D eigenvalue weighted by Gasteiger charge is 2.44. The number of methoxy groups -OCH3 is 5. The van der Waals surface area contributed by atoms with Gasteiger partial charge in [-0.15, -0.1) is 6.58 Å². The molecule has 4 fully saturated rings. The highest BCUT2D eigenvalue weighted by molar-refractivity contribution is 5.67. The molecule has 0 aromatic carbocycles. The third kappa shape index (κ3) is 21.4. The van der Waals surface area contributed by atoms with Crippen molar-refractivity contribution in [2.75, 3.05) is 68.6 Å². The van der Waals surface area contributed by atoms with E-state index in [1.807, 2.05) is 0 Å². The summed E-state index contributed by atoms with van der Waals surface area (Å²) in [5, 5.41) is 0. The summed E-state index contributed by atoms with van der Waals surface area (Å²) in [6.07, 6.45) is 38.4.